The van der Waals surface area contributed by atoms with Crippen LogP contribution in [0.2, 0.25) is 0 Å². The van der Waals surface area contributed by atoms with Crippen LogP contribution in [-0.4, -0.2) is 101 Å². The number of halogens is 1. The lowest BCUT2D eigenvalue weighted by Crippen LogP contribution is -2.48. The maximum absolute atomic E-state index is 5.54. The van der Waals surface area contributed by atoms with Gasteiger partial charge in [-0.05, 0) is 38.6 Å². The van der Waals surface area contributed by atoms with E-state index in [0.717, 1.165) is 65.0 Å². The van der Waals surface area contributed by atoms with Gasteiger partial charge >= 0.3 is 0 Å². The number of hydrogen-bond donors (Lipinski definition) is 2. The first-order chi connectivity index (χ1) is 13.6. The van der Waals surface area contributed by atoms with E-state index in [1.807, 2.05) is 0 Å². The van der Waals surface area contributed by atoms with Crippen LogP contribution in [0.3, 0.4) is 0 Å². The first kappa shape index (κ1) is 26.9. The Bertz CT molecular complexity index is 447. The summed E-state index contributed by atoms with van der Waals surface area (Å²) in [5.41, 5.74) is 0. The average Bonchev–Trinajstić information content (AvgIpc) is 3.15. The molecule has 172 valence electrons. The van der Waals surface area contributed by atoms with Crippen molar-refractivity contribution in [1.29, 1.82) is 0 Å². The number of rotatable bonds is 11. The minimum atomic E-state index is 0. The highest BCUT2D eigenvalue weighted by Crippen LogP contribution is 2.16. The summed E-state index contributed by atoms with van der Waals surface area (Å²) in [6, 6.07) is 1.06. The monoisotopic (exact) mass is 525 g/mol. The summed E-state index contributed by atoms with van der Waals surface area (Å²) in [6.07, 6.45) is 3.70. The van der Waals surface area contributed by atoms with Gasteiger partial charge in [0.15, 0.2) is 5.96 Å². The van der Waals surface area contributed by atoms with E-state index >= 15 is 0 Å². The quantitative estimate of drug-likeness (QED) is 0.245. The van der Waals surface area contributed by atoms with Crippen molar-refractivity contribution in [3.63, 3.8) is 0 Å². The summed E-state index contributed by atoms with van der Waals surface area (Å²) in [4.78, 5) is 10.1. The van der Waals surface area contributed by atoms with Crippen LogP contribution in [0.5, 0.6) is 0 Å². The van der Waals surface area contributed by atoms with Crippen molar-refractivity contribution in [1.82, 2.24) is 20.4 Å². The van der Waals surface area contributed by atoms with Gasteiger partial charge in [-0.3, -0.25) is 14.8 Å². The first-order valence-corrected chi connectivity index (χ1v) is 11.2. The Morgan fingerprint density at radius 3 is 2.62 bits per heavy atom. The van der Waals surface area contributed by atoms with E-state index < -0.39 is 0 Å². The van der Waals surface area contributed by atoms with Gasteiger partial charge < -0.3 is 20.1 Å². The second-order valence-corrected chi connectivity index (χ2v) is 8.36. The van der Waals surface area contributed by atoms with E-state index in [4.69, 9.17) is 14.5 Å². The van der Waals surface area contributed by atoms with Gasteiger partial charge in [-0.25, -0.2) is 0 Å². The lowest BCUT2D eigenvalue weighted by molar-refractivity contribution is 0.0143. The third kappa shape index (κ3) is 10.1. The van der Waals surface area contributed by atoms with Gasteiger partial charge in [0.05, 0.1) is 26.4 Å². The Hall–Kier alpha value is -0.160. The molecule has 0 aromatic carbocycles. The second kappa shape index (κ2) is 15.6. The number of nitrogens with zero attached hydrogens (tertiary/aromatic N) is 3. The zero-order valence-electron chi connectivity index (χ0n) is 19.0. The Kier molecular flexibility index (Phi) is 14.5. The molecule has 2 aliphatic heterocycles. The van der Waals surface area contributed by atoms with Crippen molar-refractivity contribution in [2.24, 2.45) is 10.9 Å². The number of guanidine groups is 1. The zero-order chi connectivity index (χ0) is 20.2. The fourth-order valence-corrected chi connectivity index (χ4v) is 4.21. The molecule has 0 bridgehead atoms. The third-order valence-corrected chi connectivity index (χ3v) is 5.70. The molecule has 0 saturated carbocycles. The number of nitrogens with one attached hydrogen (secondary N) is 2. The van der Waals surface area contributed by atoms with Gasteiger partial charge in [-0.1, -0.05) is 13.8 Å². The van der Waals surface area contributed by atoms with Crippen LogP contribution < -0.4 is 10.6 Å². The number of aliphatic imine (C=N–C) groups is 1. The Balaban J connectivity index is 0.00000420. The molecule has 0 amide bonds. The molecule has 2 N–H and O–H groups in total. The molecule has 2 heterocycles. The minimum Gasteiger partial charge on any atom is -0.383 e. The van der Waals surface area contributed by atoms with Gasteiger partial charge in [0, 0.05) is 51.9 Å². The highest BCUT2D eigenvalue weighted by molar-refractivity contribution is 14.0. The normalized spacial score (nSPS) is 22.5. The van der Waals surface area contributed by atoms with Gasteiger partial charge in [0.1, 0.15) is 0 Å². The van der Waals surface area contributed by atoms with Crippen LogP contribution in [0.15, 0.2) is 4.99 Å². The number of morpholine rings is 1. The minimum absolute atomic E-state index is 0. The molecular formula is C21H44IN5O2. The molecule has 29 heavy (non-hydrogen) atoms. The van der Waals surface area contributed by atoms with E-state index in [0.29, 0.717) is 18.0 Å². The Labute approximate surface area is 195 Å². The third-order valence-electron chi connectivity index (χ3n) is 5.70. The van der Waals surface area contributed by atoms with Crippen LogP contribution in [0.25, 0.3) is 0 Å². The van der Waals surface area contributed by atoms with Crippen LogP contribution in [0.1, 0.15) is 40.0 Å². The van der Waals surface area contributed by atoms with Crippen LogP contribution in [0, 0.1) is 5.92 Å². The van der Waals surface area contributed by atoms with Crippen LogP contribution in [0.4, 0.5) is 0 Å². The maximum atomic E-state index is 5.54. The Morgan fingerprint density at radius 2 is 1.97 bits per heavy atom. The SMILES string of the molecule is CCNC(=NCC(CC(C)C)N1CCOCC1)NCC1CCCN1CCOC.I. The summed E-state index contributed by atoms with van der Waals surface area (Å²) >= 11 is 0. The van der Waals surface area contributed by atoms with Crippen LogP contribution >= 0.6 is 24.0 Å². The van der Waals surface area contributed by atoms with E-state index in [9.17, 15) is 0 Å². The highest BCUT2D eigenvalue weighted by atomic mass is 127. The molecule has 2 unspecified atom stereocenters. The van der Waals surface area contributed by atoms with E-state index in [1.165, 1.54) is 25.8 Å². The molecule has 2 aliphatic rings. The fraction of sp³-hybridized carbons (Fsp3) is 0.952. The molecular weight excluding hydrogens is 481 g/mol. The summed E-state index contributed by atoms with van der Waals surface area (Å²) in [5, 5.41) is 7.02. The summed E-state index contributed by atoms with van der Waals surface area (Å²) in [5.74, 6) is 1.62. The van der Waals surface area contributed by atoms with Crippen molar-refractivity contribution < 1.29 is 9.47 Å². The first-order valence-electron chi connectivity index (χ1n) is 11.2. The average molecular weight is 526 g/mol. The molecule has 0 spiro atoms. The predicted octanol–water partition coefficient (Wildman–Crippen LogP) is 2.02. The molecule has 2 atom stereocenters. The maximum Gasteiger partial charge on any atom is 0.191 e. The van der Waals surface area contributed by atoms with Gasteiger partial charge in [-0.15, -0.1) is 24.0 Å². The van der Waals surface area contributed by atoms with Gasteiger partial charge in [0.2, 0.25) is 0 Å². The molecule has 8 heteroatoms. The second-order valence-electron chi connectivity index (χ2n) is 8.36. The molecule has 0 aromatic heterocycles. The van der Waals surface area contributed by atoms with E-state index in [1.54, 1.807) is 7.11 Å². The lowest BCUT2D eigenvalue weighted by Gasteiger charge is -2.34. The van der Waals surface area contributed by atoms with Crippen molar-refractivity contribution in [3.8, 4) is 0 Å². The van der Waals surface area contributed by atoms with Crippen molar-refractivity contribution in [2.45, 2.75) is 52.1 Å². The molecule has 0 radical (unpaired) electrons. The zero-order valence-corrected chi connectivity index (χ0v) is 21.3. The van der Waals surface area contributed by atoms with Gasteiger partial charge in [0.25, 0.3) is 0 Å². The lowest BCUT2D eigenvalue weighted by atomic mass is 10.0. The summed E-state index contributed by atoms with van der Waals surface area (Å²) < 4.78 is 10.8. The van der Waals surface area contributed by atoms with E-state index in [-0.39, 0.29) is 24.0 Å². The number of methoxy groups -OCH3 is 1. The predicted molar refractivity (Wildman–Crippen MR) is 132 cm³/mol. The molecule has 0 aliphatic carbocycles. The molecule has 2 fully saturated rings. The van der Waals surface area contributed by atoms with Crippen molar-refractivity contribution in [2.75, 3.05) is 72.7 Å². The number of likely N-dealkylation sites (tertiary alicyclic amines) is 1. The molecule has 2 rings (SSSR count). The smallest absolute Gasteiger partial charge is 0.191 e. The van der Waals surface area contributed by atoms with Crippen molar-refractivity contribution >= 4 is 29.9 Å². The number of ether oxygens (including phenoxy) is 2. The largest absolute Gasteiger partial charge is 0.383 e. The molecule has 2 saturated heterocycles. The standard InChI is InChI=1S/C21H43N5O2.HI/c1-5-22-21(23-16-19-7-6-8-25(19)9-12-27-4)24-17-20(15-18(2)3)26-10-13-28-14-11-26;/h18-20H,5-17H2,1-4H3,(H2,22,23,24);1H. The fourth-order valence-electron chi connectivity index (χ4n) is 4.21. The number of hydrogen-bond acceptors (Lipinski definition) is 5. The summed E-state index contributed by atoms with van der Waals surface area (Å²) in [6.45, 7) is 16.1. The highest BCUT2D eigenvalue weighted by Gasteiger charge is 2.25. The molecule has 7 nitrogen and oxygen atoms in total. The van der Waals surface area contributed by atoms with E-state index in [2.05, 4.69) is 41.2 Å². The molecule has 0 aromatic rings. The topological polar surface area (TPSA) is 61.4 Å². The van der Waals surface area contributed by atoms with Gasteiger partial charge in [-0.2, -0.15) is 0 Å². The summed E-state index contributed by atoms with van der Waals surface area (Å²) in [7, 11) is 1.78. The Morgan fingerprint density at radius 1 is 1.21 bits per heavy atom. The van der Waals surface area contributed by atoms with Crippen molar-refractivity contribution in [3.05, 3.63) is 0 Å². The van der Waals surface area contributed by atoms with Crippen LogP contribution in [-0.2, 0) is 9.47 Å².